The van der Waals surface area contributed by atoms with Gasteiger partial charge in [-0.25, -0.2) is 4.98 Å². The first-order chi connectivity index (χ1) is 13.1. The molecule has 0 bridgehead atoms. The molecule has 0 fully saturated rings. The van der Waals surface area contributed by atoms with Gasteiger partial charge in [-0.1, -0.05) is 26.8 Å². The fourth-order valence-electron chi connectivity index (χ4n) is 2.73. The highest BCUT2D eigenvalue weighted by molar-refractivity contribution is 5.98. The third-order valence-electron chi connectivity index (χ3n) is 4.36. The molecule has 2 rings (SSSR count). The lowest BCUT2D eigenvalue weighted by molar-refractivity contribution is 0.0948. The van der Waals surface area contributed by atoms with Crippen molar-refractivity contribution in [3.63, 3.8) is 0 Å². The summed E-state index contributed by atoms with van der Waals surface area (Å²) >= 11 is 0. The van der Waals surface area contributed by atoms with Gasteiger partial charge in [0.15, 0.2) is 0 Å². The van der Waals surface area contributed by atoms with Gasteiger partial charge in [0.1, 0.15) is 5.82 Å². The van der Waals surface area contributed by atoms with Crippen molar-refractivity contribution in [1.29, 1.82) is 0 Å². The van der Waals surface area contributed by atoms with Crippen molar-refractivity contribution < 1.29 is 4.79 Å². The number of anilines is 1. The second-order valence-corrected chi connectivity index (χ2v) is 6.99. The van der Waals surface area contributed by atoms with Gasteiger partial charge in [-0.05, 0) is 42.6 Å². The second-order valence-electron chi connectivity index (χ2n) is 6.99. The topological polar surface area (TPSA) is 70.2 Å². The summed E-state index contributed by atoms with van der Waals surface area (Å²) in [6.07, 6.45) is 6.41. The number of nitrogens with zero attached hydrogens (tertiary/aromatic N) is 3. The average molecular weight is 370 g/mol. The van der Waals surface area contributed by atoms with E-state index in [1.54, 1.807) is 18.5 Å². The van der Waals surface area contributed by atoms with Crippen LogP contribution in [0.1, 0.15) is 43.1 Å². The summed E-state index contributed by atoms with van der Waals surface area (Å²) < 4.78 is 0. The molecule has 27 heavy (non-hydrogen) atoms. The van der Waals surface area contributed by atoms with Gasteiger partial charge in [-0.3, -0.25) is 14.7 Å². The Kier molecular flexibility index (Phi) is 8.71. The van der Waals surface area contributed by atoms with Crippen molar-refractivity contribution in [1.82, 2.24) is 20.2 Å². The molecule has 1 amide bonds. The Hall–Kier alpha value is -2.47. The Morgan fingerprint density at radius 2 is 2.00 bits per heavy atom. The van der Waals surface area contributed by atoms with Crippen molar-refractivity contribution in [2.45, 2.75) is 33.7 Å². The highest BCUT2D eigenvalue weighted by atomic mass is 16.1. The van der Waals surface area contributed by atoms with E-state index in [2.05, 4.69) is 52.3 Å². The lowest BCUT2D eigenvalue weighted by Crippen LogP contribution is -2.35. The zero-order chi connectivity index (χ0) is 19.5. The molecule has 0 spiro atoms. The second kappa shape index (κ2) is 11.3. The molecule has 0 radical (unpaired) electrons. The van der Waals surface area contributed by atoms with Crippen LogP contribution in [0.2, 0.25) is 0 Å². The van der Waals surface area contributed by atoms with E-state index < -0.39 is 0 Å². The van der Waals surface area contributed by atoms with E-state index in [1.807, 2.05) is 18.3 Å². The first kappa shape index (κ1) is 20.8. The highest BCUT2D eigenvalue weighted by Gasteiger charge is 2.12. The van der Waals surface area contributed by atoms with E-state index in [0.717, 1.165) is 32.6 Å². The van der Waals surface area contributed by atoms with Crippen LogP contribution in [0.4, 0.5) is 5.82 Å². The molecule has 0 aliphatic carbocycles. The number of nitrogens with one attached hydrogen (secondary N) is 2. The van der Waals surface area contributed by atoms with Crippen LogP contribution in [0.5, 0.6) is 0 Å². The van der Waals surface area contributed by atoms with Crippen LogP contribution >= 0.6 is 0 Å². The Labute approximate surface area is 162 Å². The molecule has 6 heteroatoms. The van der Waals surface area contributed by atoms with Crippen molar-refractivity contribution in [3.8, 4) is 0 Å². The minimum atomic E-state index is -0.0902. The molecule has 0 saturated heterocycles. The lowest BCUT2D eigenvalue weighted by atomic mass is 10.1. The smallest absolute Gasteiger partial charge is 0.255 e. The van der Waals surface area contributed by atoms with Crippen LogP contribution in [-0.2, 0) is 6.54 Å². The van der Waals surface area contributed by atoms with Crippen LogP contribution in [0.3, 0.4) is 0 Å². The minimum absolute atomic E-state index is 0.0902. The predicted molar refractivity (Wildman–Crippen MR) is 110 cm³/mol. The Morgan fingerprint density at radius 3 is 2.70 bits per heavy atom. The maximum absolute atomic E-state index is 12.6. The molecule has 2 heterocycles. The van der Waals surface area contributed by atoms with Gasteiger partial charge >= 0.3 is 0 Å². The number of aromatic nitrogens is 2. The number of hydrogen-bond acceptors (Lipinski definition) is 5. The van der Waals surface area contributed by atoms with Crippen LogP contribution in [0.25, 0.3) is 0 Å². The molecule has 0 aliphatic rings. The molecule has 0 aromatic carbocycles. The number of pyridine rings is 2. The van der Waals surface area contributed by atoms with Gasteiger partial charge in [0, 0.05) is 44.8 Å². The van der Waals surface area contributed by atoms with Gasteiger partial charge < -0.3 is 10.6 Å². The Bertz CT molecular complexity index is 690. The average Bonchev–Trinajstić information content (AvgIpc) is 2.68. The zero-order valence-corrected chi connectivity index (χ0v) is 16.6. The Morgan fingerprint density at radius 1 is 1.19 bits per heavy atom. The van der Waals surface area contributed by atoms with Gasteiger partial charge in [0.05, 0.1) is 5.56 Å². The quantitative estimate of drug-likeness (QED) is 0.637. The molecule has 146 valence electrons. The number of hydrogen-bond donors (Lipinski definition) is 2. The summed E-state index contributed by atoms with van der Waals surface area (Å²) in [7, 11) is 0. The van der Waals surface area contributed by atoms with Crippen LogP contribution in [-0.4, -0.2) is 47.0 Å². The van der Waals surface area contributed by atoms with Crippen molar-refractivity contribution in [2.75, 3.05) is 31.5 Å². The van der Waals surface area contributed by atoms with Crippen LogP contribution in [0.15, 0.2) is 42.9 Å². The largest absolute Gasteiger partial charge is 0.369 e. The summed E-state index contributed by atoms with van der Waals surface area (Å²) in [5.41, 5.74) is 1.77. The molecule has 2 N–H and O–H groups in total. The normalized spacial score (nSPS) is 11.0. The third kappa shape index (κ3) is 7.35. The van der Waals surface area contributed by atoms with E-state index in [0.29, 0.717) is 23.8 Å². The summed E-state index contributed by atoms with van der Waals surface area (Å²) in [4.78, 5) is 23.3. The van der Waals surface area contributed by atoms with E-state index in [9.17, 15) is 4.79 Å². The van der Waals surface area contributed by atoms with Crippen LogP contribution < -0.4 is 10.6 Å². The first-order valence-corrected chi connectivity index (χ1v) is 9.68. The van der Waals surface area contributed by atoms with Gasteiger partial charge in [-0.2, -0.15) is 0 Å². The van der Waals surface area contributed by atoms with Crippen LogP contribution in [0, 0.1) is 5.92 Å². The summed E-state index contributed by atoms with van der Waals surface area (Å²) in [5.74, 6) is 1.17. The summed E-state index contributed by atoms with van der Waals surface area (Å²) in [6.45, 7) is 10.4. The molecule has 0 unspecified atom stereocenters. The molecule has 0 saturated carbocycles. The molecule has 2 aromatic rings. The first-order valence-electron chi connectivity index (χ1n) is 9.68. The number of carbonyl (C=O) groups excluding carboxylic acids is 1. The predicted octanol–water partition coefficient (Wildman–Crippen LogP) is 3.19. The third-order valence-corrected chi connectivity index (χ3v) is 4.36. The van der Waals surface area contributed by atoms with Crippen molar-refractivity contribution >= 4 is 11.7 Å². The van der Waals surface area contributed by atoms with Crippen molar-refractivity contribution in [3.05, 3.63) is 54.0 Å². The maximum atomic E-state index is 12.6. The number of amides is 1. The zero-order valence-electron chi connectivity index (χ0n) is 16.6. The molecular formula is C21H31N5O. The van der Waals surface area contributed by atoms with E-state index >= 15 is 0 Å². The number of rotatable bonds is 11. The number of likely N-dealkylation sites (N-methyl/N-ethyl adjacent to an activating group) is 1. The van der Waals surface area contributed by atoms with Gasteiger partial charge in [0.25, 0.3) is 5.91 Å². The van der Waals surface area contributed by atoms with Gasteiger partial charge in [0.2, 0.25) is 0 Å². The highest BCUT2D eigenvalue weighted by Crippen LogP contribution is 2.12. The molecular weight excluding hydrogens is 338 g/mol. The lowest BCUT2D eigenvalue weighted by Gasteiger charge is -2.20. The molecule has 0 aliphatic heterocycles. The number of carbonyl (C=O) groups is 1. The molecule has 0 atom stereocenters. The monoisotopic (exact) mass is 369 g/mol. The fourth-order valence-corrected chi connectivity index (χ4v) is 2.73. The van der Waals surface area contributed by atoms with E-state index in [-0.39, 0.29) is 5.91 Å². The fraction of sp³-hybridized carbons (Fsp3) is 0.476. The molecule has 2 aromatic heterocycles. The maximum Gasteiger partial charge on any atom is 0.255 e. The van der Waals surface area contributed by atoms with Crippen molar-refractivity contribution in [2.24, 2.45) is 5.92 Å². The SMILES string of the molecule is CCN(CCNC(=O)c1cccnc1NCCC(C)C)Cc1cccnc1. The van der Waals surface area contributed by atoms with E-state index in [1.165, 1.54) is 5.56 Å². The Balaban J connectivity index is 1.84. The minimum Gasteiger partial charge on any atom is -0.369 e. The standard InChI is InChI=1S/C21H31N5O/c1-4-26(16-18-7-5-10-22-15-18)14-13-25-21(27)19-8-6-11-23-20(19)24-12-9-17(2)3/h5-8,10-11,15,17H,4,9,12-14,16H2,1-3H3,(H,23,24)(H,25,27). The molecule has 6 nitrogen and oxygen atoms in total. The van der Waals surface area contributed by atoms with E-state index in [4.69, 9.17) is 0 Å². The summed E-state index contributed by atoms with van der Waals surface area (Å²) in [5, 5.41) is 6.29. The summed E-state index contributed by atoms with van der Waals surface area (Å²) in [6, 6.07) is 7.62. The van der Waals surface area contributed by atoms with Gasteiger partial charge in [-0.15, -0.1) is 0 Å².